The molecule has 0 aliphatic heterocycles. The summed E-state index contributed by atoms with van der Waals surface area (Å²) in [5.41, 5.74) is 0.609. The van der Waals surface area contributed by atoms with Crippen molar-refractivity contribution in [2.45, 2.75) is 18.2 Å². The third-order valence-electron chi connectivity index (χ3n) is 3.55. The molecule has 3 rings (SSSR count). The molecule has 9 heteroatoms. The molecule has 0 unspecified atom stereocenters. The summed E-state index contributed by atoms with van der Waals surface area (Å²) in [5, 5.41) is 7.30. The number of benzene rings is 2. The van der Waals surface area contributed by atoms with Gasteiger partial charge in [0.1, 0.15) is 5.75 Å². The van der Waals surface area contributed by atoms with Crippen LogP contribution >= 0.6 is 0 Å². The number of carbonyl (C=O) groups excluding carboxylic acids is 1. The molecule has 1 aromatic heterocycles. The number of aromatic nitrogens is 2. The van der Waals surface area contributed by atoms with E-state index in [1.54, 1.807) is 18.2 Å². The van der Waals surface area contributed by atoms with Gasteiger partial charge in [-0.05, 0) is 42.8 Å². The molecular weight excluding hydrogens is 370 g/mol. The van der Waals surface area contributed by atoms with Crippen LogP contribution in [0, 0.1) is 0 Å². The van der Waals surface area contributed by atoms with Gasteiger partial charge in [0.05, 0.1) is 11.5 Å². The van der Waals surface area contributed by atoms with Crippen LogP contribution < -0.4 is 9.46 Å². The lowest BCUT2D eigenvalue weighted by atomic mass is 10.2. The van der Waals surface area contributed by atoms with Crippen molar-refractivity contribution < 1.29 is 22.4 Å². The third kappa shape index (κ3) is 4.50. The Balaban J connectivity index is 1.80. The van der Waals surface area contributed by atoms with Crippen LogP contribution in [0.4, 0.5) is 0 Å². The number of amides is 1. The lowest BCUT2D eigenvalue weighted by Gasteiger charge is -2.09. The van der Waals surface area contributed by atoms with E-state index < -0.39 is 15.9 Å². The summed E-state index contributed by atoms with van der Waals surface area (Å²) in [7, 11) is -4.08. The summed E-state index contributed by atoms with van der Waals surface area (Å²) < 4.78 is 37.7. The molecule has 140 valence electrons. The quantitative estimate of drug-likeness (QED) is 0.663. The zero-order valence-electron chi connectivity index (χ0n) is 14.5. The molecule has 1 N–H and O–H groups in total. The molecule has 0 aliphatic carbocycles. The number of ether oxygens (including phenoxy) is 1. The molecule has 0 radical (unpaired) electrons. The molecule has 3 aromatic rings. The van der Waals surface area contributed by atoms with Gasteiger partial charge in [0.2, 0.25) is 12.3 Å². The first-order valence-electron chi connectivity index (χ1n) is 8.16. The van der Waals surface area contributed by atoms with E-state index in [4.69, 9.17) is 9.15 Å². The molecular formula is C18H17N3O5S. The zero-order chi connectivity index (χ0) is 19.3. The number of sulfonamides is 1. The van der Waals surface area contributed by atoms with E-state index in [0.717, 1.165) is 12.8 Å². The average Bonchev–Trinajstić information content (AvgIpc) is 3.21. The Morgan fingerprint density at radius 3 is 2.74 bits per heavy atom. The molecule has 1 amide bonds. The largest absolute Gasteiger partial charge is 0.494 e. The minimum atomic E-state index is -4.08. The van der Waals surface area contributed by atoms with Crippen molar-refractivity contribution in [2.24, 2.45) is 0 Å². The van der Waals surface area contributed by atoms with Crippen LogP contribution in [0.1, 0.15) is 23.7 Å². The van der Waals surface area contributed by atoms with Gasteiger partial charge < -0.3 is 9.15 Å². The van der Waals surface area contributed by atoms with Crippen molar-refractivity contribution in [2.75, 3.05) is 6.61 Å². The highest BCUT2D eigenvalue weighted by Crippen LogP contribution is 2.21. The van der Waals surface area contributed by atoms with Crippen molar-refractivity contribution in [1.82, 2.24) is 14.9 Å². The van der Waals surface area contributed by atoms with Gasteiger partial charge in [-0.1, -0.05) is 19.1 Å². The topological polar surface area (TPSA) is 111 Å². The fourth-order valence-corrected chi connectivity index (χ4v) is 3.30. The number of carbonyl (C=O) groups is 1. The van der Waals surface area contributed by atoms with Crippen molar-refractivity contribution in [3.8, 4) is 17.2 Å². The smallest absolute Gasteiger partial charge is 0.265 e. The van der Waals surface area contributed by atoms with Crippen LogP contribution in [0.25, 0.3) is 11.5 Å². The van der Waals surface area contributed by atoms with Gasteiger partial charge in [-0.3, -0.25) is 4.79 Å². The van der Waals surface area contributed by atoms with Crippen molar-refractivity contribution in [1.29, 1.82) is 0 Å². The molecule has 27 heavy (non-hydrogen) atoms. The lowest BCUT2D eigenvalue weighted by Crippen LogP contribution is -2.30. The van der Waals surface area contributed by atoms with Gasteiger partial charge in [-0.25, -0.2) is 13.1 Å². The van der Waals surface area contributed by atoms with Crippen molar-refractivity contribution in [3.63, 3.8) is 0 Å². The third-order valence-corrected chi connectivity index (χ3v) is 4.88. The normalized spacial score (nSPS) is 11.1. The average molecular weight is 387 g/mol. The number of hydrogen-bond acceptors (Lipinski definition) is 7. The van der Waals surface area contributed by atoms with E-state index in [1.807, 2.05) is 6.92 Å². The Morgan fingerprint density at radius 1 is 1.19 bits per heavy atom. The predicted octanol–water partition coefficient (Wildman–Crippen LogP) is 2.64. The van der Waals surface area contributed by atoms with Crippen LogP contribution in [0.15, 0.2) is 64.2 Å². The highest BCUT2D eigenvalue weighted by Gasteiger charge is 2.20. The monoisotopic (exact) mass is 387 g/mol. The Hall–Kier alpha value is -3.20. The molecule has 0 fully saturated rings. The first-order chi connectivity index (χ1) is 13.0. The van der Waals surface area contributed by atoms with Crippen LogP contribution in [0.5, 0.6) is 5.75 Å². The van der Waals surface area contributed by atoms with Crippen LogP contribution in [0.2, 0.25) is 0 Å². The van der Waals surface area contributed by atoms with Gasteiger partial charge in [-0.2, -0.15) is 0 Å². The van der Waals surface area contributed by atoms with E-state index in [0.29, 0.717) is 17.9 Å². The first-order valence-corrected chi connectivity index (χ1v) is 9.64. The highest BCUT2D eigenvalue weighted by atomic mass is 32.2. The van der Waals surface area contributed by atoms with E-state index in [-0.39, 0.29) is 16.3 Å². The summed E-state index contributed by atoms with van der Waals surface area (Å²) in [6, 6.07) is 12.2. The Kier molecular flexibility index (Phi) is 5.51. The maximum Gasteiger partial charge on any atom is 0.265 e. The molecule has 8 nitrogen and oxygen atoms in total. The maximum absolute atomic E-state index is 12.6. The Morgan fingerprint density at radius 2 is 2.00 bits per heavy atom. The molecule has 0 saturated heterocycles. The predicted molar refractivity (Wildman–Crippen MR) is 96.6 cm³/mol. The summed E-state index contributed by atoms with van der Waals surface area (Å²) in [5.74, 6) is -0.0698. The summed E-state index contributed by atoms with van der Waals surface area (Å²) >= 11 is 0. The van der Waals surface area contributed by atoms with Gasteiger partial charge in [0, 0.05) is 11.1 Å². The highest BCUT2D eigenvalue weighted by molar-refractivity contribution is 7.90. The summed E-state index contributed by atoms with van der Waals surface area (Å²) in [4.78, 5) is 12.3. The van der Waals surface area contributed by atoms with E-state index in [2.05, 4.69) is 14.9 Å². The van der Waals surface area contributed by atoms with Crippen molar-refractivity contribution in [3.05, 3.63) is 60.5 Å². The number of nitrogens with one attached hydrogen (secondary N) is 1. The standard InChI is InChI=1S/C18H17N3O5S/c1-2-9-25-15-7-3-5-13(10-15)17(22)21-27(23,24)16-8-4-6-14(11-16)18-20-19-12-26-18/h3-8,10-12H,2,9H2,1H3,(H,21,22). The molecule has 0 saturated carbocycles. The molecule has 1 heterocycles. The van der Waals surface area contributed by atoms with Gasteiger partial charge in [0.15, 0.2) is 0 Å². The van der Waals surface area contributed by atoms with Gasteiger partial charge in [-0.15, -0.1) is 10.2 Å². The molecule has 0 atom stereocenters. The van der Waals surface area contributed by atoms with Crippen LogP contribution in [-0.2, 0) is 10.0 Å². The molecule has 0 bridgehead atoms. The maximum atomic E-state index is 12.6. The number of rotatable bonds is 7. The fourth-order valence-electron chi connectivity index (χ4n) is 2.28. The second-order valence-electron chi connectivity index (χ2n) is 5.58. The number of hydrogen-bond donors (Lipinski definition) is 1. The minimum absolute atomic E-state index is 0.0927. The lowest BCUT2D eigenvalue weighted by molar-refractivity contribution is 0.0981. The van der Waals surface area contributed by atoms with Crippen molar-refractivity contribution >= 4 is 15.9 Å². The number of nitrogens with zero attached hydrogens (tertiary/aromatic N) is 2. The van der Waals surface area contributed by atoms with Gasteiger partial charge in [0.25, 0.3) is 15.9 Å². The zero-order valence-corrected chi connectivity index (χ0v) is 15.3. The molecule has 0 spiro atoms. The van der Waals surface area contributed by atoms with E-state index >= 15 is 0 Å². The molecule has 2 aromatic carbocycles. The van der Waals surface area contributed by atoms with E-state index in [9.17, 15) is 13.2 Å². The van der Waals surface area contributed by atoms with Crippen LogP contribution in [0.3, 0.4) is 0 Å². The first kappa shape index (κ1) is 18.6. The Labute approximate surface area is 156 Å². The second kappa shape index (κ2) is 8.00. The molecule has 0 aliphatic rings. The van der Waals surface area contributed by atoms with Gasteiger partial charge >= 0.3 is 0 Å². The van der Waals surface area contributed by atoms with Crippen LogP contribution in [-0.4, -0.2) is 31.1 Å². The minimum Gasteiger partial charge on any atom is -0.494 e. The second-order valence-corrected chi connectivity index (χ2v) is 7.27. The van der Waals surface area contributed by atoms with E-state index in [1.165, 1.54) is 30.3 Å². The summed E-state index contributed by atoms with van der Waals surface area (Å²) in [6.45, 7) is 2.47. The summed E-state index contributed by atoms with van der Waals surface area (Å²) in [6.07, 6.45) is 1.97. The SMILES string of the molecule is CCCOc1cccc(C(=O)NS(=O)(=O)c2cccc(-c3nnco3)c2)c1. The Bertz CT molecular complexity index is 1030. The fraction of sp³-hybridized carbons (Fsp3) is 0.167.